The molecule has 0 aliphatic carbocycles. The predicted molar refractivity (Wildman–Crippen MR) is 127 cm³/mol. The quantitative estimate of drug-likeness (QED) is 0.310. The first-order valence-electron chi connectivity index (χ1n) is 11.0. The molecule has 0 fully saturated rings. The fourth-order valence-corrected chi connectivity index (χ4v) is 4.65. The molecule has 3 aromatic heterocycles. The van der Waals surface area contributed by atoms with Crippen molar-refractivity contribution in [1.82, 2.24) is 25.4 Å². The van der Waals surface area contributed by atoms with Gasteiger partial charge in [0.25, 0.3) is 0 Å². The third-order valence-electron chi connectivity index (χ3n) is 6.19. The SMILES string of the molecule is CCCC1=C(C)c2c(ccc3[nH]nc(/C=C/c4ccncc4)c23)NC1c1cn[nH]c1C(F)(F)F. The average Bonchev–Trinajstić information content (AvgIpc) is 3.47. The van der Waals surface area contributed by atoms with Crippen LogP contribution in [0.4, 0.5) is 18.9 Å². The van der Waals surface area contributed by atoms with Gasteiger partial charge in [0, 0.05) is 34.6 Å². The van der Waals surface area contributed by atoms with E-state index < -0.39 is 17.9 Å². The van der Waals surface area contributed by atoms with Crippen LogP contribution in [0.3, 0.4) is 0 Å². The number of hydrogen-bond acceptors (Lipinski definition) is 4. The van der Waals surface area contributed by atoms with Crippen molar-refractivity contribution in [3.05, 3.63) is 76.5 Å². The number of aromatic amines is 2. The largest absolute Gasteiger partial charge is 0.433 e. The van der Waals surface area contributed by atoms with E-state index in [-0.39, 0.29) is 5.56 Å². The molecule has 1 aromatic carbocycles. The zero-order chi connectivity index (χ0) is 23.9. The fourth-order valence-electron chi connectivity index (χ4n) is 4.65. The topological polar surface area (TPSA) is 82.3 Å². The molecular formula is C25H23F3N6. The molecule has 1 aliphatic heterocycles. The molecule has 5 rings (SSSR count). The maximum absolute atomic E-state index is 13.6. The zero-order valence-electron chi connectivity index (χ0n) is 18.7. The highest BCUT2D eigenvalue weighted by Gasteiger charge is 2.39. The van der Waals surface area contributed by atoms with Crippen LogP contribution in [0.2, 0.25) is 0 Å². The van der Waals surface area contributed by atoms with Gasteiger partial charge in [-0.3, -0.25) is 15.2 Å². The predicted octanol–water partition coefficient (Wildman–Crippen LogP) is 6.61. The number of aromatic nitrogens is 5. The number of allylic oxidation sites excluding steroid dienone is 1. The van der Waals surface area contributed by atoms with Gasteiger partial charge in [-0.1, -0.05) is 19.4 Å². The average molecular weight is 464 g/mol. The van der Waals surface area contributed by atoms with Gasteiger partial charge in [0.05, 0.1) is 23.4 Å². The molecule has 1 aliphatic rings. The van der Waals surface area contributed by atoms with Gasteiger partial charge < -0.3 is 5.32 Å². The molecule has 0 saturated heterocycles. The molecule has 6 nitrogen and oxygen atoms in total. The summed E-state index contributed by atoms with van der Waals surface area (Å²) in [5.41, 5.74) is 5.50. The lowest BCUT2D eigenvalue weighted by atomic mass is 9.83. The van der Waals surface area contributed by atoms with Gasteiger partial charge in [-0.15, -0.1) is 0 Å². The lowest BCUT2D eigenvalue weighted by molar-refractivity contribution is -0.141. The minimum absolute atomic E-state index is 0.103. The molecule has 4 aromatic rings. The normalized spacial score (nSPS) is 16.3. The van der Waals surface area contributed by atoms with Gasteiger partial charge in [-0.2, -0.15) is 23.4 Å². The Morgan fingerprint density at radius 1 is 1.06 bits per heavy atom. The molecule has 3 N–H and O–H groups in total. The fraction of sp³-hybridized carbons (Fsp3) is 0.240. The number of alkyl halides is 3. The molecule has 1 atom stereocenters. The molecule has 0 bridgehead atoms. The summed E-state index contributed by atoms with van der Waals surface area (Å²) in [5.74, 6) is 0. The van der Waals surface area contributed by atoms with Gasteiger partial charge in [0.15, 0.2) is 0 Å². The molecule has 1 unspecified atom stereocenters. The first kappa shape index (κ1) is 21.9. The Hall–Kier alpha value is -3.88. The van der Waals surface area contributed by atoms with Crippen molar-refractivity contribution in [2.75, 3.05) is 5.32 Å². The second-order valence-electron chi connectivity index (χ2n) is 8.31. The monoisotopic (exact) mass is 464 g/mol. The summed E-state index contributed by atoms with van der Waals surface area (Å²) in [7, 11) is 0. The Balaban J connectivity index is 1.66. The standard InChI is InChI=1S/C25H23F3N6/c1-3-4-16-14(2)21-18(31-23(16)17-13-30-34-24(17)25(26,27)28)7-8-20-22(21)19(32-33-20)6-5-15-9-11-29-12-10-15/h5-13,23,31H,3-4H2,1-2H3,(H,30,34)(H,32,33)/b6-5+. The number of nitrogens with one attached hydrogen (secondary N) is 3. The zero-order valence-corrected chi connectivity index (χ0v) is 18.7. The van der Waals surface area contributed by atoms with Crippen LogP contribution in [0, 0.1) is 0 Å². The highest BCUT2D eigenvalue weighted by Crippen LogP contribution is 2.47. The molecule has 0 spiro atoms. The summed E-state index contributed by atoms with van der Waals surface area (Å²) >= 11 is 0. The van der Waals surface area contributed by atoms with E-state index in [1.807, 2.05) is 50.3 Å². The Morgan fingerprint density at radius 2 is 1.85 bits per heavy atom. The van der Waals surface area contributed by atoms with Crippen LogP contribution in [0.25, 0.3) is 28.6 Å². The highest BCUT2D eigenvalue weighted by molar-refractivity contribution is 6.04. The summed E-state index contributed by atoms with van der Waals surface area (Å²) in [4.78, 5) is 4.04. The van der Waals surface area contributed by atoms with Gasteiger partial charge in [0.1, 0.15) is 5.69 Å². The summed E-state index contributed by atoms with van der Waals surface area (Å²) in [6, 6.07) is 6.97. The van der Waals surface area contributed by atoms with E-state index in [0.717, 1.165) is 51.0 Å². The van der Waals surface area contributed by atoms with Crippen molar-refractivity contribution in [1.29, 1.82) is 0 Å². The summed E-state index contributed by atoms with van der Waals surface area (Å²) < 4.78 is 40.9. The van der Waals surface area contributed by atoms with E-state index >= 15 is 0 Å². The molecule has 34 heavy (non-hydrogen) atoms. The van der Waals surface area contributed by atoms with Gasteiger partial charge >= 0.3 is 6.18 Å². The Labute approximate surface area is 194 Å². The number of anilines is 1. The third-order valence-corrected chi connectivity index (χ3v) is 6.19. The van der Waals surface area contributed by atoms with E-state index in [4.69, 9.17) is 0 Å². The highest BCUT2D eigenvalue weighted by atomic mass is 19.4. The Bertz CT molecular complexity index is 1400. The van der Waals surface area contributed by atoms with Crippen LogP contribution in [0.1, 0.15) is 60.8 Å². The van der Waals surface area contributed by atoms with Crippen LogP contribution >= 0.6 is 0 Å². The molecule has 0 radical (unpaired) electrons. The Kier molecular flexibility index (Phi) is 5.47. The van der Waals surface area contributed by atoms with Crippen molar-refractivity contribution in [3.8, 4) is 0 Å². The van der Waals surface area contributed by atoms with E-state index in [1.54, 1.807) is 12.4 Å². The van der Waals surface area contributed by atoms with E-state index in [2.05, 4.69) is 30.7 Å². The van der Waals surface area contributed by atoms with Crippen LogP contribution < -0.4 is 5.32 Å². The van der Waals surface area contributed by atoms with Crippen molar-refractivity contribution >= 4 is 34.3 Å². The number of fused-ring (bicyclic) bond motifs is 3. The van der Waals surface area contributed by atoms with Gasteiger partial charge in [0.2, 0.25) is 0 Å². The van der Waals surface area contributed by atoms with Crippen LogP contribution in [-0.2, 0) is 6.18 Å². The van der Waals surface area contributed by atoms with Crippen molar-refractivity contribution in [2.45, 2.75) is 38.9 Å². The number of pyridine rings is 1. The number of benzene rings is 1. The number of hydrogen-bond donors (Lipinski definition) is 3. The van der Waals surface area contributed by atoms with E-state index in [1.165, 1.54) is 6.20 Å². The Morgan fingerprint density at radius 3 is 2.59 bits per heavy atom. The summed E-state index contributed by atoms with van der Waals surface area (Å²) in [5, 5.41) is 17.7. The van der Waals surface area contributed by atoms with Crippen molar-refractivity contribution < 1.29 is 13.2 Å². The minimum atomic E-state index is -4.52. The van der Waals surface area contributed by atoms with Crippen LogP contribution in [0.5, 0.6) is 0 Å². The maximum Gasteiger partial charge on any atom is 0.433 e. The maximum atomic E-state index is 13.6. The van der Waals surface area contributed by atoms with Crippen LogP contribution in [0.15, 0.2) is 48.4 Å². The number of halogens is 3. The van der Waals surface area contributed by atoms with E-state index in [0.29, 0.717) is 6.42 Å². The second-order valence-corrected chi connectivity index (χ2v) is 8.31. The number of nitrogens with zero attached hydrogens (tertiary/aromatic N) is 3. The number of rotatable bonds is 5. The summed E-state index contributed by atoms with van der Waals surface area (Å²) in [6.45, 7) is 4.00. The van der Waals surface area contributed by atoms with Crippen molar-refractivity contribution in [2.24, 2.45) is 0 Å². The smallest absolute Gasteiger partial charge is 0.374 e. The number of H-pyrrole nitrogens is 2. The molecule has 174 valence electrons. The summed E-state index contributed by atoms with van der Waals surface area (Å²) in [6.07, 6.45) is 5.56. The minimum Gasteiger partial charge on any atom is -0.374 e. The molecule has 0 amide bonds. The van der Waals surface area contributed by atoms with Gasteiger partial charge in [-0.25, -0.2) is 0 Å². The molecular weight excluding hydrogens is 441 g/mol. The second kappa shape index (κ2) is 8.48. The van der Waals surface area contributed by atoms with Gasteiger partial charge in [-0.05, 0) is 60.4 Å². The first-order valence-corrected chi connectivity index (χ1v) is 11.0. The first-order chi connectivity index (χ1) is 16.4. The van der Waals surface area contributed by atoms with Crippen LogP contribution in [-0.4, -0.2) is 25.4 Å². The lowest BCUT2D eigenvalue weighted by Gasteiger charge is -2.32. The lowest BCUT2D eigenvalue weighted by Crippen LogP contribution is -2.22. The molecule has 4 heterocycles. The van der Waals surface area contributed by atoms with E-state index in [9.17, 15) is 13.2 Å². The van der Waals surface area contributed by atoms with Crippen molar-refractivity contribution in [3.63, 3.8) is 0 Å². The molecule has 9 heteroatoms. The third kappa shape index (κ3) is 3.76. The molecule has 0 saturated carbocycles.